The van der Waals surface area contributed by atoms with Gasteiger partial charge in [0.15, 0.2) is 0 Å². The molecule has 0 saturated heterocycles. The first-order valence-corrected chi connectivity index (χ1v) is 7.44. The molecule has 0 bridgehead atoms. The molecule has 0 radical (unpaired) electrons. The number of aromatic nitrogens is 2. The van der Waals surface area contributed by atoms with Gasteiger partial charge in [0.25, 0.3) is 5.56 Å². The number of H-pyrrole nitrogens is 1. The van der Waals surface area contributed by atoms with Crippen LogP contribution < -0.4 is 5.56 Å². The minimum Gasteiger partial charge on any atom is -0.310 e. The number of aryl methyl sites for hydroxylation is 1. The molecule has 0 aliphatic rings. The van der Waals surface area contributed by atoms with Gasteiger partial charge in [0.05, 0.1) is 5.75 Å². The molecule has 0 amide bonds. The maximum atomic E-state index is 13.5. The highest BCUT2D eigenvalue weighted by Gasteiger charge is 2.12. The van der Waals surface area contributed by atoms with Crippen LogP contribution in [0.3, 0.4) is 0 Å². The number of nitrogens with one attached hydrogen (secondary N) is 1. The molecule has 20 heavy (non-hydrogen) atoms. The first-order chi connectivity index (χ1) is 9.49. The summed E-state index contributed by atoms with van der Waals surface area (Å²) < 4.78 is 13.5. The van der Waals surface area contributed by atoms with E-state index in [-0.39, 0.29) is 17.3 Å². The minimum atomic E-state index is -0.254. The van der Waals surface area contributed by atoms with Crippen molar-refractivity contribution in [2.45, 2.75) is 37.3 Å². The third-order valence-corrected chi connectivity index (χ3v) is 4.03. The molecule has 3 nitrogen and oxygen atoms in total. The van der Waals surface area contributed by atoms with E-state index in [2.05, 4.69) is 9.97 Å². The second-order valence-electron chi connectivity index (χ2n) is 4.89. The molecule has 1 heterocycles. The van der Waals surface area contributed by atoms with Crippen molar-refractivity contribution in [3.05, 3.63) is 57.5 Å². The maximum Gasteiger partial charge on any atom is 0.254 e. The van der Waals surface area contributed by atoms with Gasteiger partial charge in [-0.2, -0.15) is 0 Å². The van der Waals surface area contributed by atoms with Crippen LogP contribution in [0.15, 0.2) is 34.0 Å². The van der Waals surface area contributed by atoms with Gasteiger partial charge in [0.2, 0.25) is 0 Å². The van der Waals surface area contributed by atoms with Gasteiger partial charge >= 0.3 is 0 Å². The predicted octanol–water partition coefficient (Wildman–Crippen LogP) is 3.63. The lowest BCUT2D eigenvalue weighted by Crippen LogP contribution is -2.19. The lowest BCUT2D eigenvalue weighted by Gasteiger charge is -2.09. The van der Waals surface area contributed by atoms with Crippen LogP contribution in [0.25, 0.3) is 0 Å². The SMILES string of the molecule is Cc1nc(CSc2ccccc2F)[nH]c(=O)c1C(C)C. The van der Waals surface area contributed by atoms with Crippen LogP contribution in [0.1, 0.15) is 36.8 Å². The molecule has 0 aliphatic heterocycles. The number of hydrogen-bond donors (Lipinski definition) is 1. The van der Waals surface area contributed by atoms with Crippen molar-refractivity contribution in [3.63, 3.8) is 0 Å². The van der Waals surface area contributed by atoms with Crippen molar-refractivity contribution >= 4 is 11.8 Å². The van der Waals surface area contributed by atoms with E-state index in [0.717, 1.165) is 5.69 Å². The van der Waals surface area contributed by atoms with Gasteiger partial charge in [-0.3, -0.25) is 4.79 Å². The minimum absolute atomic E-state index is 0.100. The number of benzene rings is 1. The average molecular weight is 292 g/mol. The van der Waals surface area contributed by atoms with Gasteiger partial charge < -0.3 is 4.98 Å². The topological polar surface area (TPSA) is 45.8 Å². The van der Waals surface area contributed by atoms with Crippen molar-refractivity contribution in [2.75, 3.05) is 0 Å². The van der Waals surface area contributed by atoms with Crippen molar-refractivity contribution in [3.8, 4) is 0 Å². The van der Waals surface area contributed by atoms with E-state index in [9.17, 15) is 9.18 Å². The summed E-state index contributed by atoms with van der Waals surface area (Å²) in [6.45, 7) is 5.77. The molecule has 1 aromatic carbocycles. The van der Waals surface area contributed by atoms with Crippen molar-refractivity contribution in [1.29, 1.82) is 0 Å². The molecule has 0 atom stereocenters. The van der Waals surface area contributed by atoms with Gasteiger partial charge in [0.1, 0.15) is 11.6 Å². The summed E-state index contributed by atoms with van der Waals surface area (Å²) in [4.78, 5) is 19.7. The summed E-state index contributed by atoms with van der Waals surface area (Å²) in [5, 5.41) is 0. The lowest BCUT2D eigenvalue weighted by atomic mass is 10.0. The Hall–Kier alpha value is -1.62. The van der Waals surface area contributed by atoms with E-state index < -0.39 is 0 Å². The Bertz CT molecular complexity index is 667. The average Bonchev–Trinajstić information content (AvgIpc) is 2.36. The standard InChI is InChI=1S/C15H17FN2OS/c1-9(2)14-10(3)17-13(18-15(14)19)8-20-12-7-5-4-6-11(12)16/h4-7,9H,8H2,1-3H3,(H,17,18,19). The van der Waals surface area contributed by atoms with Crippen molar-refractivity contribution < 1.29 is 4.39 Å². The van der Waals surface area contributed by atoms with Crippen molar-refractivity contribution in [1.82, 2.24) is 9.97 Å². The van der Waals surface area contributed by atoms with Gasteiger partial charge in [-0.05, 0) is 25.0 Å². The molecular formula is C15H17FN2OS. The van der Waals surface area contributed by atoms with Crippen molar-refractivity contribution in [2.24, 2.45) is 0 Å². The quantitative estimate of drug-likeness (QED) is 0.875. The van der Waals surface area contributed by atoms with Crippen LogP contribution >= 0.6 is 11.8 Å². The third-order valence-electron chi connectivity index (χ3n) is 2.97. The fourth-order valence-electron chi connectivity index (χ4n) is 2.11. The Morgan fingerprint density at radius 2 is 2.05 bits per heavy atom. The predicted molar refractivity (Wildman–Crippen MR) is 79.6 cm³/mol. The fourth-order valence-corrected chi connectivity index (χ4v) is 2.92. The molecule has 0 spiro atoms. The van der Waals surface area contributed by atoms with Gasteiger partial charge in [-0.15, -0.1) is 11.8 Å². The van der Waals surface area contributed by atoms with Gasteiger partial charge in [-0.1, -0.05) is 26.0 Å². The third kappa shape index (κ3) is 3.28. The Morgan fingerprint density at radius 3 is 2.65 bits per heavy atom. The smallest absolute Gasteiger partial charge is 0.254 e. The van der Waals surface area contributed by atoms with Gasteiger partial charge in [-0.25, -0.2) is 9.37 Å². The normalized spacial score (nSPS) is 11.1. The monoisotopic (exact) mass is 292 g/mol. The summed E-state index contributed by atoms with van der Waals surface area (Å²) in [5.41, 5.74) is 1.36. The van der Waals surface area contributed by atoms with Crippen LogP contribution in [-0.2, 0) is 5.75 Å². The number of halogens is 1. The number of thioether (sulfide) groups is 1. The molecule has 1 aromatic heterocycles. The molecule has 106 valence electrons. The number of hydrogen-bond acceptors (Lipinski definition) is 3. The summed E-state index contributed by atoms with van der Waals surface area (Å²) >= 11 is 1.32. The zero-order valence-electron chi connectivity index (χ0n) is 11.7. The second kappa shape index (κ2) is 6.22. The molecule has 0 saturated carbocycles. The molecule has 2 rings (SSSR count). The largest absolute Gasteiger partial charge is 0.310 e. The zero-order chi connectivity index (χ0) is 14.7. The Labute approximate surface area is 121 Å². The van der Waals surface area contributed by atoms with Crippen LogP contribution in [-0.4, -0.2) is 9.97 Å². The summed E-state index contributed by atoms with van der Waals surface area (Å²) in [6, 6.07) is 6.58. The molecule has 0 fully saturated rings. The maximum absolute atomic E-state index is 13.5. The first-order valence-electron chi connectivity index (χ1n) is 6.46. The van der Waals surface area contributed by atoms with Crippen LogP contribution in [0.5, 0.6) is 0 Å². The summed E-state index contributed by atoms with van der Waals surface area (Å²) in [6.07, 6.45) is 0. The summed E-state index contributed by atoms with van der Waals surface area (Å²) in [5.74, 6) is 0.898. The Morgan fingerprint density at radius 1 is 1.35 bits per heavy atom. The highest BCUT2D eigenvalue weighted by atomic mass is 32.2. The highest BCUT2D eigenvalue weighted by Crippen LogP contribution is 2.24. The second-order valence-corrected chi connectivity index (χ2v) is 5.90. The molecular weight excluding hydrogens is 275 g/mol. The first kappa shape index (κ1) is 14.8. The zero-order valence-corrected chi connectivity index (χ0v) is 12.6. The van der Waals surface area contributed by atoms with Crippen LogP contribution in [0.4, 0.5) is 4.39 Å². The Balaban J connectivity index is 2.20. The van der Waals surface area contributed by atoms with E-state index >= 15 is 0 Å². The van der Waals surface area contributed by atoms with E-state index in [1.807, 2.05) is 20.8 Å². The Kier molecular flexibility index (Phi) is 4.60. The molecule has 2 aromatic rings. The number of rotatable bonds is 4. The van der Waals surface area contributed by atoms with Crippen LogP contribution in [0, 0.1) is 12.7 Å². The fraction of sp³-hybridized carbons (Fsp3) is 0.333. The van der Waals surface area contributed by atoms with E-state index in [1.54, 1.807) is 18.2 Å². The van der Waals surface area contributed by atoms with E-state index in [1.165, 1.54) is 17.8 Å². The van der Waals surface area contributed by atoms with E-state index in [4.69, 9.17) is 0 Å². The molecule has 1 N–H and O–H groups in total. The van der Waals surface area contributed by atoms with Gasteiger partial charge in [0, 0.05) is 16.2 Å². The molecule has 0 unspecified atom stereocenters. The highest BCUT2D eigenvalue weighted by molar-refractivity contribution is 7.98. The lowest BCUT2D eigenvalue weighted by molar-refractivity contribution is 0.602. The molecule has 5 heteroatoms. The number of aromatic amines is 1. The van der Waals surface area contributed by atoms with E-state index in [0.29, 0.717) is 22.0 Å². The summed E-state index contributed by atoms with van der Waals surface area (Å²) in [7, 11) is 0. The molecule has 0 aliphatic carbocycles. The number of nitrogens with zero attached hydrogens (tertiary/aromatic N) is 1. The van der Waals surface area contributed by atoms with Crippen LogP contribution in [0.2, 0.25) is 0 Å².